The molecule has 26 heavy (non-hydrogen) atoms. The van der Waals surface area contributed by atoms with Crippen LogP contribution in [0.2, 0.25) is 5.02 Å². The largest absolute Gasteiger partial charge is 0.349 e. The predicted molar refractivity (Wildman–Crippen MR) is 99.1 cm³/mol. The zero-order valence-corrected chi connectivity index (χ0v) is 15.0. The molecule has 2 N–H and O–H groups in total. The summed E-state index contributed by atoms with van der Waals surface area (Å²) < 4.78 is 0. The van der Waals surface area contributed by atoms with Gasteiger partial charge in [-0.15, -0.1) is 0 Å². The molecule has 2 aromatic carbocycles. The van der Waals surface area contributed by atoms with Crippen molar-refractivity contribution >= 4 is 34.8 Å². The molecule has 0 saturated heterocycles. The first-order valence-electron chi connectivity index (χ1n) is 7.84. The molecule has 0 aliphatic rings. The fraction of sp³-hybridized carbons (Fsp3) is 0.222. The van der Waals surface area contributed by atoms with Gasteiger partial charge in [-0.2, -0.15) is 0 Å². The van der Waals surface area contributed by atoms with Gasteiger partial charge in [0.05, 0.1) is 28.6 Å². The summed E-state index contributed by atoms with van der Waals surface area (Å²) in [7, 11) is 0. The minimum absolute atomic E-state index is 0.0245. The van der Waals surface area contributed by atoms with Gasteiger partial charge in [0.25, 0.3) is 5.69 Å². The molecule has 7 nitrogen and oxygen atoms in total. The number of nitro groups is 1. The molecule has 0 aromatic heterocycles. The van der Waals surface area contributed by atoms with Crippen molar-refractivity contribution < 1.29 is 14.5 Å². The fourth-order valence-electron chi connectivity index (χ4n) is 2.54. The minimum atomic E-state index is -0.538. The molecule has 0 bridgehead atoms. The van der Waals surface area contributed by atoms with Crippen LogP contribution in [0.25, 0.3) is 0 Å². The molecule has 0 fully saturated rings. The van der Waals surface area contributed by atoms with Gasteiger partial charge in [0.2, 0.25) is 11.8 Å². The Morgan fingerprint density at radius 3 is 2.42 bits per heavy atom. The van der Waals surface area contributed by atoms with Crippen LogP contribution in [0.15, 0.2) is 42.5 Å². The quantitative estimate of drug-likeness (QED) is 0.592. The molecule has 0 saturated carbocycles. The highest BCUT2D eigenvalue weighted by atomic mass is 35.5. The van der Waals surface area contributed by atoms with Crippen molar-refractivity contribution in [2.24, 2.45) is 0 Å². The third-order valence-corrected chi connectivity index (χ3v) is 4.07. The van der Waals surface area contributed by atoms with E-state index in [0.29, 0.717) is 16.3 Å². The van der Waals surface area contributed by atoms with Crippen molar-refractivity contribution in [1.29, 1.82) is 0 Å². The van der Waals surface area contributed by atoms with Gasteiger partial charge in [-0.05, 0) is 30.7 Å². The van der Waals surface area contributed by atoms with E-state index >= 15 is 0 Å². The number of amides is 2. The summed E-state index contributed by atoms with van der Waals surface area (Å²) in [4.78, 5) is 34.4. The highest BCUT2D eigenvalue weighted by Crippen LogP contribution is 2.26. The molecule has 1 atom stereocenters. The number of nitro benzene ring substituents is 1. The van der Waals surface area contributed by atoms with E-state index in [2.05, 4.69) is 10.6 Å². The van der Waals surface area contributed by atoms with Crippen LogP contribution < -0.4 is 10.6 Å². The Bertz CT molecular complexity index is 837. The maximum atomic E-state index is 12.4. The number of anilines is 1. The van der Waals surface area contributed by atoms with Crippen LogP contribution in [-0.2, 0) is 9.59 Å². The van der Waals surface area contributed by atoms with Gasteiger partial charge < -0.3 is 10.6 Å². The summed E-state index contributed by atoms with van der Waals surface area (Å²) in [5.41, 5.74) is 1.39. The van der Waals surface area contributed by atoms with E-state index < -0.39 is 11.0 Å². The zero-order chi connectivity index (χ0) is 19.3. The summed E-state index contributed by atoms with van der Waals surface area (Å²) in [5, 5.41) is 16.9. The first-order chi connectivity index (χ1) is 12.3. The average Bonchev–Trinajstić information content (AvgIpc) is 2.56. The number of carbonyl (C=O) groups excluding carboxylic acids is 2. The average molecular weight is 376 g/mol. The van der Waals surface area contributed by atoms with Gasteiger partial charge in [-0.1, -0.05) is 29.8 Å². The summed E-state index contributed by atoms with van der Waals surface area (Å²) in [5.74, 6) is -0.647. The van der Waals surface area contributed by atoms with Crippen LogP contribution in [0, 0.1) is 17.0 Å². The second-order valence-electron chi connectivity index (χ2n) is 5.76. The van der Waals surface area contributed by atoms with Crippen molar-refractivity contribution in [3.8, 4) is 0 Å². The Kier molecular flexibility index (Phi) is 6.30. The van der Waals surface area contributed by atoms with Crippen LogP contribution in [-0.4, -0.2) is 16.7 Å². The molecule has 0 spiro atoms. The van der Waals surface area contributed by atoms with E-state index in [0.717, 1.165) is 5.56 Å². The van der Waals surface area contributed by atoms with E-state index in [1.54, 1.807) is 37.3 Å². The van der Waals surface area contributed by atoms with E-state index in [1.807, 2.05) is 0 Å². The summed E-state index contributed by atoms with van der Waals surface area (Å²) in [6.07, 6.45) is -0.0245. The van der Waals surface area contributed by atoms with Gasteiger partial charge >= 0.3 is 0 Å². The molecule has 0 aliphatic carbocycles. The summed E-state index contributed by atoms with van der Waals surface area (Å²) >= 11 is 5.87. The lowest BCUT2D eigenvalue weighted by molar-refractivity contribution is -0.385. The lowest BCUT2D eigenvalue weighted by Crippen LogP contribution is -2.29. The topological polar surface area (TPSA) is 101 Å². The third-order valence-electron chi connectivity index (χ3n) is 3.82. The molecule has 2 amide bonds. The number of rotatable bonds is 6. The molecule has 0 radical (unpaired) electrons. The smallest absolute Gasteiger partial charge is 0.274 e. The van der Waals surface area contributed by atoms with Crippen LogP contribution >= 0.6 is 11.6 Å². The Morgan fingerprint density at radius 2 is 1.85 bits per heavy atom. The SMILES string of the molecule is CC(=O)NC(CC(=O)Nc1cccc([N+](=O)[O-])c1C)c1ccc(Cl)cc1. The molecule has 2 aromatic rings. The Labute approximate surface area is 155 Å². The molecule has 8 heteroatoms. The number of halogens is 1. The number of hydrogen-bond acceptors (Lipinski definition) is 4. The number of carbonyl (C=O) groups is 2. The number of nitrogens with one attached hydrogen (secondary N) is 2. The minimum Gasteiger partial charge on any atom is -0.349 e. The van der Waals surface area contributed by atoms with Crippen molar-refractivity contribution in [2.75, 3.05) is 5.32 Å². The highest BCUT2D eigenvalue weighted by Gasteiger charge is 2.19. The van der Waals surface area contributed by atoms with Gasteiger partial charge in [0.15, 0.2) is 0 Å². The van der Waals surface area contributed by atoms with Gasteiger partial charge in [0, 0.05) is 18.0 Å². The lowest BCUT2D eigenvalue weighted by Gasteiger charge is -2.18. The maximum absolute atomic E-state index is 12.4. The first kappa shape index (κ1) is 19.4. The molecular weight excluding hydrogens is 358 g/mol. The number of nitrogens with zero attached hydrogens (tertiary/aromatic N) is 1. The van der Waals surface area contributed by atoms with E-state index in [1.165, 1.54) is 19.1 Å². The van der Waals surface area contributed by atoms with E-state index in [-0.39, 0.29) is 23.9 Å². The lowest BCUT2D eigenvalue weighted by atomic mass is 10.0. The zero-order valence-electron chi connectivity index (χ0n) is 14.3. The molecule has 0 heterocycles. The van der Waals surface area contributed by atoms with Gasteiger partial charge in [-0.3, -0.25) is 19.7 Å². The summed E-state index contributed by atoms with van der Waals surface area (Å²) in [6.45, 7) is 2.93. The standard InChI is InChI=1S/C18H18ClN3O4/c1-11-15(4-3-5-17(11)22(25)26)21-18(24)10-16(20-12(2)23)13-6-8-14(19)9-7-13/h3-9,16H,10H2,1-2H3,(H,20,23)(H,21,24). The van der Waals surface area contributed by atoms with Crippen molar-refractivity contribution in [2.45, 2.75) is 26.3 Å². The van der Waals surface area contributed by atoms with Crippen molar-refractivity contribution in [3.63, 3.8) is 0 Å². The fourth-order valence-corrected chi connectivity index (χ4v) is 2.66. The van der Waals surface area contributed by atoms with Gasteiger partial charge in [-0.25, -0.2) is 0 Å². The second-order valence-corrected chi connectivity index (χ2v) is 6.20. The molecule has 0 aliphatic heterocycles. The Hall–Kier alpha value is -2.93. The van der Waals surface area contributed by atoms with E-state index in [4.69, 9.17) is 11.6 Å². The Morgan fingerprint density at radius 1 is 1.19 bits per heavy atom. The molecule has 1 unspecified atom stereocenters. The highest BCUT2D eigenvalue weighted by molar-refractivity contribution is 6.30. The second kappa shape index (κ2) is 8.44. The third kappa shape index (κ3) is 5.03. The normalized spacial score (nSPS) is 11.5. The van der Waals surface area contributed by atoms with Crippen molar-refractivity contribution in [3.05, 3.63) is 68.7 Å². The molecule has 136 valence electrons. The number of benzene rings is 2. The van der Waals surface area contributed by atoms with Crippen LogP contribution in [0.1, 0.15) is 30.5 Å². The summed E-state index contributed by atoms with van der Waals surface area (Å²) in [6, 6.07) is 10.7. The van der Waals surface area contributed by atoms with Crippen LogP contribution in [0.3, 0.4) is 0 Å². The Balaban J connectivity index is 2.17. The van der Waals surface area contributed by atoms with Gasteiger partial charge in [0.1, 0.15) is 0 Å². The van der Waals surface area contributed by atoms with E-state index in [9.17, 15) is 19.7 Å². The molecular formula is C18H18ClN3O4. The first-order valence-corrected chi connectivity index (χ1v) is 8.22. The monoisotopic (exact) mass is 375 g/mol. The maximum Gasteiger partial charge on any atom is 0.274 e. The number of hydrogen-bond donors (Lipinski definition) is 2. The predicted octanol–water partition coefficient (Wildman–Crippen LogP) is 3.76. The van der Waals surface area contributed by atoms with Crippen LogP contribution in [0.4, 0.5) is 11.4 Å². The van der Waals surface area contributed by atoms with Crippen molar-refractivity contribution in [1.82, 2.24) is 5.32 Å². The van der Waals surface area contributed by atoms with Crippen LogP contribution in [0.5, 0.6) is 0 Å². The molecule has 2 rings (SSSR count).